The van der Waals surface area contributed by atoms with Crippen molar-refractivity contribution >= 4 is 0 Å². The highest BCUT2D eigenvalue weighted by Crippen LogP contribution is 2.16. The average Bonchev–Trinajstić information content (AvgIpc) is 2.37. The molecule has 0 aromatic heterocycles. The highest BCUT2D eigenvalue weighted by atomic mass is 14.9. The molecule has 1 nitrogen and oxygen atoms in total. The van der Waals surface area contributed by atoms with Crippen molar-refractivity contribution in [2.75, 3.05) is 6.54 Å². The van der Waals surface area contributed by atoms with Gasteiger partial charge < -0.3 is 5.32 Å². The van der Waals surface area contributed by atoms with Crippen LogP contribution in [0.25, 0.3) is 0 Å². The Morgan fingerprint density at radius 2 is 1.72 bits per heavy atom. The SMILES string of the molecule is CCCNC(C)CCCc1ccc(C(C)C)cc1. The normalized spacial score (nSPS) is 12.9. The van der Waals surface area contributed by atoms with Crippen LogP contribution in [0.3, 0.4) is 0 Å². The second-order valence-electron chi connectivity index (χ2n) is 5.64. The first kappa shape index (κ1) is 15.2. The summed E-state index contributed by atoms with van der Waals surface area (Å²) < 4.78 is 0. The smallest absolute Gasteiger partial charge is 0.00388 e. The van der Waals surface area contributed by atoms with Gasteiger partial charge in [0.1, 0.15) is 0 Å². The molecule has 0 aliphatic heterocycles. The van der Waals surface area contributed by atoms with Crippen LogP contribution in [0.1, 0.15) is 64.0 Å². The van der Waals surface area contributed by atoms with Crippen molar-refractivity contribution in [3.05, 3.63) is 35.4 Å². The predicted molar refractivity (Wildman–Crippen MR) is 81.2 cm³/mol. The molecule has 0 spiro atoms. The standard InChI is InChI=1S/C17H29N/c1-5-13-18-15(4)7-6-8-16-9-11-17(12-10-16)14(2)3/h9-12,14-15,18H,5-8,13H2,1-4H3. The quantitative estimate of drug-likeness (QED) is 0.712. The number of benzene rings is 1. The lowest BCUT2D eigenvalue weighted by Crippen LogP contribution is -2.26. The third-order valence-electron chi connectivity index (χ3n) is 3.49. The number of rotatable bonds is 8. The van der Waals surface area contributed by atoms with Gasteiger partial charge in [-0.05, 0) is 56.2 Å². The minimum Gasteiger partial charge on any atom is -0.314 e. The second-order valence-corrected chi connectivity index (χ2v) is 5.64. The first-order valence-corrected chi connectivity index (χ1v) is 7.45. The van der Waals surface area contributed by atoms with Crippen molar-refractivity contribution in [1.29, 1.82) is 0 Å². The Labute approximate surface area is 113 Å². The lowest BCUT2D eigenvalue weighted by Gasteiger charge is -2.13. The van der Waals surface area contributed by atoms with Gasteiger partial charge in [0.2, 0.25) is 0 Å². The summed E-state index contributed by atoms with van der Waals surface area (Å²) >= 11 is 0. The van der Waals surface area contributed by atoms with Gasteiger partial charge in [0.15, 0.2) is 0 Å². The summed E-state index contributed by atoms with van der Waals surface area (Å²) in [5.41, 5.74) is 2.92. The van der Waals surface area contributed by atoms with E-state index in [9.17, 15) is 0 Å². The van der Waals surface area contributed by atoms with Crippen LogP contribution < -0.4 is 5.32 Å². The molecule has 0 amide bonds. The van der Waals surface area contributed by atoms with Crippen LogP contribution in [0.5, 0.6) is 0 Å². The van der Waals surface area contributed by atoms with E-state index in [1.807, 2.05) is 0 Å². The van der Waals surface area contributed by atoms with Crippen molar-refractivity contribution in [3.63, 3.8) is 0 Å². The molecule has 0 heterocycles. The maximum absolute atomic E-state index is 3.54. The Bertz CT molecular complexity index is 313. The van der Waals surface area contributed by atoms with Gasteiger partial charge in [0.05, 0.1) is 0 Å². The summed E-state index contributed by atoms with van der Waals surface area (Å²) in [5, 5.41) is 3.54. The monoisotopic (exact) mass is 247 g/mol. The first-order chi connectivity index (χ1) is 8.63. The minimum absolute atomic E-state index is 0.636. The third-order valence-corrected chi connectivity index (χ3v) is 3.49. The highest BCUT2D eigenvalue weighted by Gasteiger charge is 2.02. The largest absolute Gasteiger partial charge is 0.314 e. The van der Waals surface area contributed by atoms with E-state index in [0.717, 1.165) is 6.54 Å². The number of hydrogen-bond acceptors (Lipinski definition) is 1. The molecule has 0 saturated carbocycles. The molecule has 1 N–H and O–H groups in total. The van der Waals surface area contributed by atoms with Crippen LogP contribution in [0.15, 0.2) is 24.3 Å². The van der Waals surface area contributed by atoms with Gasteiger partial charge in [-0.1, -0.05) is 45.0 Å². The van der Waals surface area contributed by atoms with Gasteiger partial charge in [-0.25, -0.2) is 0 Å². The van der Waals surface area contributed by atoms with Crippen molar-refractivity contribution in [2.24, 2.45) is 0 Å². The Morgan fingerprint density at radius 3 is 2.28 bits per heavy atom. The molecule has 102 valence electrons. The van der Waals surface area contributed by atoms with E-state index in [-0.39, 0.29) is 0 Å². The molecule has 1 atom stereocenters. The molecule has 0 bridgehead atoms. The van der Waals surface area contributed by atoms with Gasteiger partial charge in [-0.15, -0.1) is 0 Å². The molecular weight excluding hydrogens is 218 g/mol. The van der Waals surface area contributed by atoms with Gasteiger partial charge in [-0.2, -0.15) is 0 Å². The van der Waals surface area contributed by atoms with Crippen LogP contribution in [-0.2, 0) is 6.42 Å². The van der Waals surface area contributed by atoms with E-state index in [2.05, 4.69) is 57.3 Å². The molecule has 1 aromatic rings. The molecule has 0 saturated heterocycles. The lowest BCUT2D eigenvalue weighted by atomic mass is 9.99. The zero-order valence-corrected chi connectivity index (χ0v) is 12.5. The van der Waals surface area contributed by atoms with Gasteiger partial charge in [-0.3, -0.25) is 0 Å². The minimum atomic E-state index is 0.636. The molecule has 1 heteroatoms. The Morgan fingerprint density at radius 1 is 1.06 bits per heavy atom. The Balaban J connectivity index is 2.26. The third kappa shape index (κ3) is 5.68. The molecule has 1 rings (SSSR count). The van der Waals surface area contributed by atoms with Crippen LogP contribution in [0, 0.1) is 0 Å². The van der Waals surface area contributed by atoms with Crippen LogP contribution >= 0.6 is 0 Å². The van der Waals surface area contributed by atoms with E-state index in [0.29, 0.717) is 12.0 Å². The van der Waals surface area contributed by atoms with E-state index < -0.39 is 0 Å². The predicted octanol–water partition coefficient (Wildman–Crippen LogP) is 4.52. The van der Waals surface area contributed by atoms with Gasteiger partial charge >= 0.3 is 0 Å². The summed E-state index contributed by atoms with van der Waals surface area (Å²) in [7, 11) is 0. The van der Waals surface area contributed by atoms with E-state index in [1.54, 1.807) is 0 Å². The summed E-state index contributed by atoms with van der Waals surface area (Å²) in [5.74, 6) is 0.636. The topological polar surface area (TPSA) is 12.0 Å². The average molecular weight is 247 g/mol. The Hall–Kier alpha value is -0.820. The molecule has 18 heavy (non-hydrogen) atoms. The fourth-order valence-corrected chi connectivity index (χ4v) is 2.17. The van der Waals surface area contributed by atoms with Crippen molar-refractivity contribution < 1.29 is 0 Å². The molecule has 1 unspecified atom stereocenters. The van der Waals surface area contributed by atoms with Gasteiger partial charge in [0, 0.05) is 6.04 Å². The molecule has 0 aliphatic carbocycles. The van der Waals surface area contributed by atoms with Crippen molar-refractivity contribution in [3.8, 4) is 0 Å². The Kier molecular flexibility index (Phi) is 7.04. The lowest BCUT2D eigenvalue weighted by molar-refractivity contribution is 0.498. The molecule has 0 fully saturated rings. The fraction of sp³-hybridized carbons (Fsp3) is 0.647. The first-order valence-electron chi connectivity index (χ1n) is 7.45. The summed E-state index contributed by atoms with van der Waals surface area (Å²) in [4.78, 5) is 0. The zero-order chi connectivity index (χ0) is 13.4. The number of aryl methyl sites for hydroxylation is 1. The van der Waals surface area contributed by atoms with Crippen LogP contribution in [0.2, 0.25) is 0 Å². The van der Waals surface area contributed by atoms with E-state index in [1.165, 1.54) is 36.8 Å². The summed E-state index contributed by atoms with van der Waals surface area (Å²) in [6.07, 6.45) is 4.97. The highest BCUT2D eigenvalue weighted by molar-refractivity contribution is 5.24. The summed E-state index contributed by atoms with van der Waals surface area (Å²) in [6, 6.07) is 9.79. The summed E-state index contributed by atoms with van der Waals surface area (Å²) in [6.45, 7) is 10.1. The van der Waals surface area contributed by atoms with E-state index >= 15 is 0 Å². The van der Waals surface area contributed by atoms with Crippen molar-refractivity contribution in [1.82, 2.24) is 5.32 Å². The molecule has 0 aliphatic rings. The molecule has 1 aromatic carbocycles. The fourth-order valence-electron chi connectivity index (χ4n) is 2.17. The zero-order valence-electron chi connectivity index (χ0n) is 12.5. The maximum Gasteiger partial charge on any atom is 0.00388 e. The van der Waals surface area contributed by atoms with E-state index in [4.69, 9.17) is 0 Å². The maximum atomic E-state index is 3.54. The van der Waals surface area contributed by atoms with Crippen LogP contribution in [-0.4, -0.2) is 12.6 Å². The van der Waals surface area contributed by atoms with Gasteiger partial charge in [0.25, 0.3) is 0 Å². The second kappa shape index (κ2) is 8.31. The molecular formula is C17H29N. The van der Waals surface area contributed by atoms with Crippen molar-refractivity contribution in [2.45, 2.75) is 65.3 Å². The number of hydrogen-bond donors (Lipinski definition) is 1. The van der Waals surface area contributed by atoms with Crippen LogP contribution in [0.4, 0.5) is 0 Å². The molecule has 0 radical (unpaired) electrons. The number of nitrogens with one attached hydrogen (secondary N) is 1.